The lowest BCUT2D eigenvalue weighted by molar-refractivity contribution is 0.322. The van der Waals surface area contributed by atoms with Crippen LogP contribution in [0.2, 0.25) is 0 Å². The minimum atomic E-state index is 0.751. The Bertz CT molecular complexity index is 465. The first kappa shape index (κ1) is 10.2. The summed E-state index contributed by atoms with van der Waals surface area (Å²) in [6.07, 6.45) is 2.96. The molecular formula is C12H11N3O. The van der Waals surface area contributed by atoms with Crippen LogP contribution in [-0.4, -0.2) is 16.4 Å². The molecule has 16 heavy (non-hydrogen) atoms. The number of benzene rings is 1. The maximum absolute atomic E-state index is 8.35. The summed E-state index contributed by atoms with van der Waals surface area (Å²) >= 11 is 0. The van der Waals surface area contributed by atoms with Crippen molar-refractivity contribution in [1.29, 1.82) is 0 Å². The predicted molar refractivity (Wildman–Crippen MR) is 63.3 cm³/mol. The lowest BCUT2D eigenvalue weighted by atomic mass is 10.3. The molecule has 4 heteroatoms. The van der Waals surface area contributed by atoms with E-state index in [1.165, 1.54) is 6.21 Å². The van der Waals surface area contributed by atoms with Crippen LogP contribution in [0.3, 0.4) is 0 Å². The molecule has 80 valence electrons. The molecule has 0 radical (unpaired) electrons. The summed E-state index contributed by atoms with van der Waals surface area (Å²) in [4.78, 5) is 4.18. The van der Waals surface area contributed by atoms with Crippen LogP contribution in [0.15, 0.2) is 53.8 Å². The van der Waals surface area contributed by atoms with Crippen molar-refractivity contribution in [3.8, 4) is 0 Å². The number of nitrogens with one attached hydrogen (secondary N) is 1. The van der Waals surface area contributed by atoms with E-state index in [0.29, 0.717) is 0 Å². The van der Waals surface area contributed by atoms with Gasteiger partial charge in [-0.15, -0.1) is 0 Å². The van der Waals surface area contributed by atoms with Crippen molar-refractivity contribution in [3.63, 3.8) is 0 Å². The Morgan fingerprint density at radius 3 is 2.56 bits per heavy atom. The first-order valence-electron chi connectivity index (χ1n) is 4.84. The van der Waals surface area contributed by atoms with Gasteiger partial charge in [-0.1, -0.05) is 23.4 Å². The van der Waals surface area contributed by atoms with E-state index in [1.807, 2.05) is 42.5 Å². The highest BCUT2D eigenvalue weighted by atomic mass is 16.4. The third-order valence-electron chi connectivity index (χ3n) is 2.04. The van der Waals surface area contributed by atoms with Gasteiger partial charge in [-0.3, -0.25) is 0 Å². The lowest BCUT2D eigenvalue weighted by Crippen LogP contribution is -1.93. The van der Waals surface area contributed by atoms with Crippen molar-refractivity contribution in [3.05, 3.63) is 54.2 Å². The molecule has 2 aromatic rings. The lowest BCUT2D eigenvalue weighted by Gasteiger charge is -2.04. The predicted octanol–water partition coefficient (Wildman–Crippen LogP) is 2.63. The topological polar surface area (TPSA) is 57.5 Å². The SMILES string of the molecule is ON=Cc1ccc(Nc2ccccc2)nc1. The Morgan fingerprint density at radius 2 is 1.94 bits per heavy atom. The highest BCUT2D eigenvalue weighted by molar-refractivity contribution is 5.79. The van der Waals surface area contributed by atoms with E-state index in [-0.39, 0.29) is 0 Å². The molecule has 1 aromatic heterocycles. The molecule has 1 heterocycles. The number of hydrogen-bond acceptors (Lipinski definition) is 4. The number of oxime groups is 1. The average Bonchev–Trinajstić information content (AvgIpc) is 2.33. The Hall–Kier alpha value is -2.36. The third kappa shape index (κ3) is 2.57. The summed E-state index contributed by atoms with van der Waals surface area (Å²) in [7, 11) is 0. The van der Waals surface area contributed by atoms with Crippen molar-refractivity contribution in [1.82, 2.24) is 4.98 Å². The number of anilines is 2. The van der Waals surface area contributed by atoms with Gasteiger partial charge in [0.2, 0.25) is 0 Å². The van der Waals surface area contributed by atoms with Crippen LogP contribution in [-0.2, 0) is 0 Å². The number of rotatable bonds is 3. The van der Waals surface area contributed by atoms with Crippen molar-refractivity contribution >= 4 is 17.7 Å². The summed E-state index contributed by atoms with van der Waals surface area (Å²) in [6.45, 7) is 0. The fraction of sp³-hybridized carbons (Fsp3) is 0. The zero-order valence-electron chi connectivity index (χ0n) is 8.54. The van der Waals surface area contributed by atoms with Gasteiger partial charge in [-0.2, -0.15) is 0 Å². The van der Waals surface area contributed by atoms with Crippen molar-refractivity contribution < 1.29 is 5.21 Å². The minimum Gasteiger partial charge on any atom is -0.411 e. The van der Waals surface area contributed by atoms with Gasteiger partial charge in [-0.05, 0) is 24.3 Å². The molecule has 0 fully saturated rings. The van der Waals surface area contributed by atoms with Crippen molar-refractivity contribution in [2.24, 2.45) is 5.16 Å². The second-order valence-electron chi connectivity index (χ2n) is 3.21. The number of para-hydroxylation sites is 1. The molecule has 0 spiro atoms. The zero-order valence-corrected chi connectivity index (χ0v) is 8.54. The summed E-state index contributed by atoms with van der Waals surface area (Å²) in [5, 5.41) is 14.4. The van der Waals surface area contributed by atoms with Gasteiger partial charge in [0.25, 0.3) is 0 Å². The summed E-state index contributed by atoms with van der Waals surface area (Å²) < 4.78 is 0. The quantitative estimate of drug-likeness (QED) is 0.468. The number of hydrogen-bond donors (Lipinski definition) is 2. The number of pyridine rings is 1. The fourth-order valence-electron chi connectivity index (χ4n) is 1.29. The molecule has 0 aliphatic heterocycles. The minimum absolute atomic E-state index is 0.751. The van der Waals surface area contributed by atoms with E-state index in [2.05, 4.69) is 15.5 Å². The standard InChI is InChI=1S/C12H11N3O/c16-14-9-10-6-7-12(13-8-10)15-11-4-2-1-3-5-11/h1-9,16H,(H,13,15). The maximum atomic E-state index is 8.35. The van der Waals surface area contributed by atoms with Crippen LogP contribution < -0.4 is 5.32 Å². The van der Waals surface area contributed by atoms with Crippen LogP contribution in [0.1, 0.15) is 5.56 Å². The Balaban J connectivity index is 2.11. The molecule has 0 saturated carbocycles. The van der Waals surface area contributed by atoms with Crippen LogP contribution in [0.5, 0.6) is 0 Å². The molecule has 4 nitrogen and oxygen atoms in total. The Morgan fingerprint density at radius 1 is 1.12 bits per heavy atom. The molecule has 1 aromatic carbocycles. The molecule has 0 saturated heterocycles. The first-order chi connectivity index (χ1) is 7.88. The Kier molecular flexibility index (Phi) is 3.13. The smallest absolute Gasteiger partial charge is 0.130 e. The number of aromatic nitrogens is 1. The second kappa shape index (κ2) is 4.93. The molecule has 0 aliphatic carbocycles. The molecule has 2 N–H and O–H groups in total. The van der Waals surface area contributed by atoms with E-state index < -0.39 is 0 Å². The highest BCUT2D eigenvalue weighted by Crippen LogP contribution is 2.13. The third-order valence-corrected chi connectivity index (χ3v) is 2.04. The summed E-state index contributed by atoms with van der Waals surface area (Å²) in [5.74, 6) is 0.751. The van der Waals surface area contributed by atoms with Crippen molar-refractivity contribution in [2.75, 3.05) is 5.32 Å². The molecule has 0 aliphatic rings. The molecule has 0 unspecified atom stereocenters. The molecule has 2 rings (SSSR count). The van der Waals surface area contributed by atoms with Gasteiger partial charge in [0.1, 0.15) is 5.82 Å². The van der Waals surface area contributed by atoms with Crippen LogP contribution in [0.25, 0.3) is 0 Å². The van der Waals surface area contributed by atoms with Gasteiger partial charge in [0.15, 0.2) is 0 Å². The zero-order chi connectivity index (χ0) is 11.2. The van der Waals surface area contributed by atoms with Crippen LogP contribution in [0.4, 0.5) is 11.5 Å². The van der Waals surface area contributed by atoms with Crippen LogP contribution >= 0.6 is 0 Å². The van der Waals surface area contributed by atoms with Gasteiger partial charge in [0.05, 0.1) is 6.21 Å². The molecular weight excluding hydrogens is 202 g/mol. The van der Waals surface area contributed by atoms with Crippen LogP contribution in [0, 0.1) is 0 Å². The number of nitrogens with zero attached hydrogens (tertiary/aromatic N) is 2. The Labute approximate surface area is 93.3 Å². The van der Waals surface area contributed by atoms with E-state index in [0.717, 1.165) is 17.1 Å². The van der Waals surface area contributed by atoms with Gasteiger partial charge in [0, 0.05) is 17.4 Å². The van der Waals surface area contributed by atoms with Gasteiger partial charge >= 0.3 is 0 Å². The fourth-order valence-corrected chi connectivity index (χ4v) is 1.29. The van der Waals surface area contributed by atoms with E-state index in [9.17, 15) is 0 Å². The summed E-state index contributed by atoms with van der Waals surface area (Å²) in [5.41, 5.74) is 1.74. The molecule has 0 atom stereocenters. The van der Waals surface area contributed by atoms with Gasteiger partial charge in [-0.25, -0.2) is 4.98 Å². The monoisotopic (exact) mass is 213 g/mol. The molecule has 0 bridgehead atoms. The largest absolute Gasteiger partial charge is 0.411 e. The second-order valence-corrected chi connectivity index (χ2v) is 3.21. The summed E-state index contributed by atoms with van der Waals surface area (Å²) in [6, 6.07) is 13.4. The highest BCUT2D eigenvalue weighted by Gasteiger charge is 1.95. The maximum Gasteiger partial charge on any atom is 0.130 e. The first-order valence-corrected chi connectivity index (χ1v) is 4.84. The average molecular weight is 213 g/mol. The van der Waals surface area contributed by atoms with Crippen molar-refractivity contribution in [2.45, 2.75) is 0 Å². The van der Waals surface area contributed by atoms with E-state index in [1.54, 1.807) is 6.20 Å². The van der Waals surface area contributed by atoms with E-state index >= 15 is 0 Å². The van der Waals surface area contributed by atoms with Gasteiger partial charge < -0.3 is 10.5 Å². The van der Waals surface area contributed by atoms with E-state index in [4.69, 9.17) is 5.21 Å². The molecule has 0 amide bonds. The normalized spacial score (nSPS) is 10.5.